The number of pyridine rings is 1. The molecule has 0 saturated carbocycles. The second-order valence-corrected chi connectivity index (χ2v) is 4.93. The first kappa shape index (κ1) is 12.4. The lowest BCUT2D eigenvalue weighted by Gasteiger charge is -2.33. The van der Waals surface area contributed by atoms with Crippen LogP contribution in [0.2, 0.25) is 0 Å². The summed E-state index contributed by atoms with van der Waals surface area (Å²) in [6.07, 6.45) is 1.29. The van der Waals surface area contributed by atoms with Crippen LogP contribution in [-0.4, -0.2) is 27.6 Å². The Hall–Kier alpha value is -1.05. The number of halogens is 1. The van der Waals surface area contributed by atoms with Crippen molar-refractivity contribution in [3.63, 3.8) is 0 Å². The van der Waals surface area contributed by atoms with Gasteiger partial charge in [0.05, 0.1) is 29.3 Å². The fourth-order valence-corrected chi connectivity index (χ4v) is 2.30. The number of ether oxygens (including phenoxy) is 1. The molecular weight excluding hydrogens is 290 g/mol. The number of nitro groups is 1. The predicted octanol–water partition coefficient (Wildman–Crippen LogP) is 1.76. The van der Waals surface area contributed by atoms with Crippen molar-refractivity contribution in [1.29, 1.82) is 0 Å². The zero-order valence-corrected chi connectivity index (χ0v) is 10.8. The first-order valence-corrected chi connectivity index (χ1v) is 6.12. The van der Waals surface area contributed by atoms with Crippen LogP contribution in [0.15, 0.2) is 18.3 Å². The molecule has 0 amide bonds. The molecule has 7 heteroatoms. The molecule has 3 unspecified atom stereocenters. The summed E-state index contributed by atoms with van der Waals surface area (Å²) in [6.45, 7) is 2.42. The van der Waals surface area contributed by atoms with E-state index in [2.05, 4.69) is 26.2 Å². The fourth-order valence-electron chi connectivity index (χ4n) is 1.86. The Bertz CT molecular complexity index is 429. The molecule has 1 aliphatic heterocycles. The Balaban J connectivity index is 2.35. The number of nitrogens with one attached hydrogen (secondary N) is 1. The molecule has 1 aromatic heterocycles. The van der Waals surface area contributed by atoms with Crippen molar-refractivity contribution in [1.82, 2.24) is 10.3 Å². The second kappa shape index (κ2) is 5.07. The largest absolute Gasteiger partial charge is 0.374 e. The summed E-state index contributed by atoms with van der Waals surface area (Å²) in [5.41, 5.74) is 0.550. The molecule has 3 atom stereocenters. The Morgan fingerprint density at radius 1 is 1.71 bits per heavy atom. The monoisotopic (exact) mass is 301 g/mol. The SMILES string of the molecule is CC1OCC(Br)NC1c1cccnc1[N+](=O)[O-]. The van der Waals surface area contributed by atoms with Gasteiger partial charge in [-0.2, -0.15) is 0 Å². The quantitative estimate of drug-likeness (QED) is 0.390. The van der Waals surface area contributed by atoms with E-state index in [9.17, 15) is 10.1 Å². The van der Waals surface area contributed by atoms with E-state index in [1.807, 2.05) is 6.92 Å². The van der Waals surface area contributed by atoms with Crippen molar-refractivity contribution in [3.8, 4) is 0 Å². The van der Waals surface area contributed by atoms with Crippen molar-refractivity contribution in [2.24, 2.45) is 0 Å². The number of nitrogens with zero attached hydrogens (tertiary/aromatic N) is 2. The molecule has 0 spiro atoms. The first-order valence-electron chi connectivity index (χ1n) is 5.20. The van der Waals surface area contributed by atoms with Gasteiger partial charge in [0.1, 0.15) is 6.20 Å². The van der Waals surface area contributed by atoms with Crippen LogP contribution in [0.5, 0.6) is 0 Å². The molecule has 0 radical (unpaired) electrons. The predicted molar refractivity (Wildman–Crippen MR) is 64.9 cm³/mol. The molecular formula is C10H12BrN3O3. The van der Waals surface area contributed by atoms with Gasteiger partial charge in [-0.3, -0.25) is 5.32 Å². The van der Waals surface area contributed by atoms with Gasteiger partial charge < -0.3 is 14.9 Å². The Morgan fingerprint density at radius 3 is 3.18 bits per heavy atom. The van der Waals surface area contributed by atoms with Gasteiger partial charge >= 0.3 is 5.82 Å². The Morgan fingerprint density at radius 2 is 2.47 bits per heavy atom. The van der Waals surface area contributed by atoms with E-state index in [0.29, 0.717) is 12.2 Å². The highest BCUT2D eigenvalue weighted by molar-refractivity contribution is 9.09. The minimum absolute atomic E-state index is 0.0106. The van der Waals surface area contributed by atoms with Gasteiger partial charge in [-0.15, -0.1) is 0 Å². The van der Waals surface area contributed by atoms with Crippen LogP contribution in [0.3, 0.4) is 0 Å². The van der Waals surface area contributed by atoms with Crippen molar-refractivity contribution in [3.05, 3.63) is 34.0 Å². The van der Waals surface area contributed by atoms with Gasteiger partial charge in [-0.25, -0.2) is 0 Å². The third-order valence-electron chi connectivity index (χ3n) is 2.66. The summed E-state index contributed by atoms with van der Waals surface area (Å²) >= 11 is 3.39. The first-order chi connectivity index (χ1) is 8.09. The molecule has 2 heterocycles. The summed E-state index contributed by atoms with van der Waals surface area (Å²) < 4.78 is 5.53. The minimum atomic E-state index is -0.471. The van der Waals surface area contributed by atoms with E-state index in [-0.39, 0.29) is 22.9 Å². The number of hydrogen-bond acceptors (Lipinski definition) is 5. The maximum absolute atomic E-state index is 10.9. The smallest absolute Gasteiger partial charge is 0.368 e. The van der Waals surface area contributed by atoms with Gasteiger partial charge in [0.15, 0.2) is 0 Å². The molecule has 1 aliphatic rings. The van der Waals surface area contributed by atoms with E-state index < -0.39 is 4.92 Å². The molecule has 6 nitrogen and oxygen atoms in total. The van der Waals surface area contributed by atoms with Crippen molar-refractivity contribution >= 4 is 21.7 Å². The van der Waals surface area contributed by atoms with Crippen molar-refractivity contribution < 1.29 is 9.66 Å². The summed E-state index contributed by atoms with van der Waals surface area (Å²) in [5.74, 6) is -0.123. The van der Waals surface area contributed by atoms with Gasteiger partial charge in [0.2, 0.25) is 0 Å². The van der Waals surface area contributed by atoms with Crippen LogP contribution in [0.25, 0.3) is 0 Å². The lowest BCUT2D eigenvalue weighted by molar-refractivity contribution is -0.390. The summed E-state index contributed by atoms with van der Waals surface area (Å²) in [6, 6.07) is 3.16. The average Bonchev–Trinajstić information content (AvgIpc) is 2.32. The van der Waals surface area contributed by atoms with Crippen LogP contribution < -0.4 is 5.32 Å². The van der Waals surface area contributed by atoms with Gasteiger partial charge in [-0.1, -0.05) is 15.9 Å². The third kappa shape index (κ3) is 2.62. The highest BCUT2D eigenvalue weighted by Crippen LogP contribution is 2.29. The molecule has 2 rings (SSSR count). The van der Waals surface area contributed by atoms with Crippen LogP contribution in [0, 0.1) is 10.1 Å². The maximum atomic E-state index is 10.9. The average molecular weight is 302 g/mol. The van der Waals surface area contributed by atoms with Crippen LogP contribution in [0.4, 0.5) is 5.82 Å². The summed E-state index contributed by atoms with van der Waals surface area (Å²) in [5, 5.41) is 14.1. The lowest BCUT2D eigenvalue weighted by atomic mass is 10.0. The van der Waals surface area contributed by atoms with Crippen LogP contribution in [-0.2, 0) is 4.74 Å². The number of aromatic nitrogens is 1. The molecule has 92 valence electrons. The number of hydrogen-bond donors (Lipinski definition) is 1. The zero-order valence-electron chi connectivity index (χ0n) is 9.17. The standard InChI is InChI=1S/C10H12BrN3O3/c1-6-9(13-8(11)5-17-6)7-3-2-4-12-10(7)14(15)16/h2-4,6,8-9,13H,5H2,1H3. The van der Waals surface area contributed by atoms with Gasteiger partial charge in [-0.05, 0) is 29.0 Å². The molecule has 0 aromatic carbocycles. The summed E-state index contributed by atoms with van der Waals surface area (Å²) in [7, 11) is 0. The molecule has 1 N–H and O–H groups in total. The van der Waals surface area contributed by atoms with Crippen molar-refractivity contribution in [2.45, 2.75) is 24.0 Å². The molecule has 0 bridgehead atoms. The van der Waals surface area contributed by atoms with E-state index in [1.54, 1.807) is 12.1 Å². The number of morpholine rings is 1. The molecule has 0 aliphatic carbocycles. The lowest BCUT2D eigenvalue weighted by Crippen LogP contribution is -2.45. The topological polar surface area (TPSA) is 77.3 Å². The van der Waals surface area contributed by atoms with Crippen LogP contribution >= 0.6 is 15.9 Å². The normalized spacial score (nSPS) is 28.9. The molecule has 1 fully saturated rings. The number of alkyl halides is 1. The van der Waals surface area contributed by atoms with E-state index in [1.165, 1.54) is 6.20 Å². The fraction of sp³-hybridized carbons (Fsp3) is 0.500. The Kier molecular flexibility index (Phi) is 3.70. The van der Waals surface area contributed by atoms with E-state index in [0.717, 1.165) is 0 Å². The highest BCUT2D eigenvalue weighted by atomic mass is 79.9. The van der Waals surface area contributed by atoms with Gasteiger partial charge in [0.25, 0.3) is 0 Å². The van der Waals surface area contributed by atoms with E-state index >= 15 is 0 Å². The zero-order chi connectivity index (χ0) is 12.4. The summed E-state index contributed by atoms with van der Waals surface area (Å²) in [4.78, 5) is 14.2. The minimum Gasteiger partial charge on any atom is -0.374 e. The maximum Gasteiger partial charge on any atom is 0.368 e. The second-order valence-electron chi connectivity index (χ2n) is 3.82. The highest BCUT2D eigenvalue weighted by Gasteiger charge is 2.32. The van der Waals surface area contributed by atoms with Crippen LogP contribution in [0.1, 0.15) is 18.5 Å². The molecule has 17 heavy (non-hydrogen) atoms. The third-order valence-corrected chi connectivity index (χ3v) is 3.19. The number of rotatable bonds is 2. The molecule has 1 saturated heterocycles. The van der Waals surface area contributed by atoms with Crippen molar-refractivity contribution in [2.75, 3.05) is 6.61 Å². The van der Waals surface area contributed by atoms with E-state index in [4.69, 9.17) is 4.74 Å². The van der Waals surface area contributed by atoms with Gasteiger partial charge in [0, 0.05) is 0 Å². The molecule has 1 aromatic rings. The Labute approximate surface area is 107 Å².